The molecule has 3 nitrogen and oxygen atoms in total. The Hall–Kier alpha value is -8.64. The quantitative estimate of drug-likeness (QED) is 0.135. The number of benzene rings is 11. The Bertz CT molecular complexity index is 4150. The summed E-state index contributed by atoms with van der Waals surface area (Å²) >= 11 is -3.55. The molecule has 0 bridgehead atoms. The van der Waals surface area contributed by atoms with Gasteiger partial charge in [0, 0.05) is 16.5 Å². The van der Waals surface area contributed by atoms with Crippen LogP contribution in [0.4, 0.5) is 0 Å². The van der Waals surface area contributed by atoms with Crippen molar-refractivity contribution in [1.82, 2.24) is 13.7 Å². The summed E-state index contributed by atoms with van der Waals surface area (Å²) in [6.07, 6.45) is 0. The number of para-hydroxylation sites is 6. The van der Waals surface area contributed by atoms with Crippen molar-refractivity contribution in [2.24, 2.45) is 0 Å². The van der Waals surface area contributed by atoms with E-state index < -0.39 is 13.3 Å². The Balaban J connectivity index is 0.978. The first-order chi connectivity index (χ1) is 34.8. The summed E-state index contributed by atoms with van der Waals surface area (Å²) in [4.78, 5) is 0. The van der Waals surface area contributed by atoms with E-state index in [4.69, 9.17) is 0 Å². The van der Waals surface area contributed by atoms with Gasteiger partial charge in [0.1, 0.15) is 0 Å². The van der Waals surface area contributed by atoms with Crippen LogP contribution in [-0.4, -0.2) is 27.0 Å². The van der Waals surface area contributed by atoms with Crippen LogP contribution in [0.15, 0.2) is 273 Å². The third-order valence-electron chi connectivity index (χ3n) is 14.8. The molecule has 0 saturated heterocycles. The minimum absolute atomic E-state index is 1.14. The summed E-state index contributed by atoms with van der Waals surface area (Å²) in [6, 6.07) is 102. The molecule has 0 spiro atoms. The maximum absolute atomic E-state index is 3.55. The van der Waals surface area contributed by atoms with E-state index in [-0.39, 0.29) is 0 Å². The van der Waals surface area contributed by atoms with E-state index in [9.17, 15) is 0 Å². The van der Waals surface area contributed by atoms with Gasteiger partial charge in [-0.15, -0.1) is 0 Å². The fourth-order valence-corrected chi connectivity index (χ4v) is 21.9. The van der Waals surface area contributed by atoms with Gasteiger partial charge < -0.3 is 4.57 Å². The van der Waals surface area contributed by atoms with Crippen LogP contribution < -0.4 is 17.6 Å². The van der Waals surface area contributed by atoms with Crippen molar-refractivity contribution in [2.75, 3.05) is 0 Å². The van der Waals surface area contributed by atoms with E-state index in [0.29, 0.717) is 0 Å². The standard InChI is InChI=1S/C66H45GeN3/c1-4-22-46(23-5-1)67(47-24-6-2-7-25-47,48-26-8-3-9-27-48)49-40-42-65-57(44-49)55-32-14-20-38-63(55)69(65)61-36-18-12-30-53(61)54-31-13-19-37-62(54)70-64-39-21-15-33-56(64)58-45-50(41-43-66(58)70)68-59-34-16-10-28-51(59)52-29-11-17-35-60(52)68/h1-45H. The van der Waals surface area contributed by atoms with Gasteiger partial charge in [0.25, 0.3) is 0 Å². The Morgan fingerprint density at radius 1 is 0.214 bits per heavy atom. The number of fused-ring (bicyclic) bond motifs is 9. The molecule has 3 heterocycles. The van der Waals surface area contributed by atoms with Crippen molar-refractivity contribution in [1.29, 1.82) is 0 Å². The van der Waals surface area contributed by atoms with Crippen molar-refractivity contribution in [3.63, 3.8) is 0 Å². The van der Waals surface area contributed by atoms with Crippen molar-refractivity contribution >= 4 is 96.3 Å². The van der Waals surface area contributed by atoms with Crippen molar-refractivity contribution in [3.05, 3.63) is 273 Å². The molecule has 0 N–H and O–H groups in total. The van der Waals surface area contributed by atoms with Gasteiger partial charge in [-0.3, -0.25) is 0 Å². The summed E-state index contributed by atoms with van der Waals surface area (Å²) < 4.78 is 13.1. The van der Waals surface area contributed by atoms with Crippen LogP contribution in [0.3, 0.4) is 0 Å². The third-order valence-corrected chi connectivity index (χ3v) is 24.8. The van der Waals surface area contributed by atoms with Crippen LogP contribution in [0.2, 0.25) is 0 Å². The zero-order valence-corrected chi connectivity index (χ0v) is 40.4. The summed E-state index contributed by atoms with van der Waals surface area (Å²) in [5.41, 5.74) is 12.9. The molecule has 0 aliphatic rings. The second-order valence-electron chi connectivity index (χ2n) is 18.4. The van der Waals surface area contributed by atoms with Crippen LogP contribution in [0.1, 0.15) is 0 Å². The second kappa shape index (κ2) is 16.3. The molecular weight excluding hydrogens is 907 g/mol. The molecule has 0 saturated carbocycles. The van der Waals surface area contributed by atoms with Crippen molar-refractivity contribution < 1.29 is 0 Å². The average molecular weight is 953 g/mol. The first-order valence-electron chi connectivity index (χ1n) is 24.2. The van der Waals surface area contributed by atoms with E-state index >= 15 is 0 Å². The zero-order valence-electron chi connectivity index (χ0n) is 38.3. The molecular formula is C66H45GeN3. The Morgan fingerprint density at radius 3 is 1.00 bits per heavy atom. The first-order valence-corrected chi connectivity index (χ1v) is 28.4. The number of nitrogens with zero attached hydrogens (tertiary/aromatic N) is 3. The molecule has 3 aromatic heterocycles. The number of rotatable bonds is 8. The Labute approximate surface area is 408 Å². The van der Waals surface area contributed by atoms with Crippen LogP contribution in [0, 0.1) is 0 Å². The summed E-state index contributed by atoms with van der Waals surface area (Å²) in [5, 5.41) is 7.48. The van der Waals surface area contributed by atoms with E-state index in [0.717, 1.165) is 17.1 Å². The van der Waals surface area contributed by atoms with E-state index in [2.05, 4.69) is 287 Å². The molecule has 0 fully saturated rings. The van der Waals surface area contributed by atoms with Gasteiger partial charge in [-0.25, -0.2) is 0 Å². The van der Waals surface area contributed by atoms with Gasteiger partial charge in [-0.1, -0.05) is 54.6 Å². The third kappa shape index (κ3) is 6.01. The normalized spacial score (nSPS) is 12.0. The number of hydrogen-bond donors (Lipinski definition) is 0. The first kappa shape index (κ1) is 40.4. The van der Waals surface area contributed by atoms with E-state index in [1.54, 1.807) is 0 Å². The van der Waals surface area contributed by atoms with Crippen LogP contribution in [0.25, 0.3) is 93.6 Å². The maximum atomic E-state index is 2.55. The predicted molar refractivity (Wildman–Crippen MR) is 299 cm³/mol. The molecule has 70 heavy (non-hydrogen) atoms. The number of hydrogen-bond acceptors (Lipinski definition) is 0. The van der Waals surface area contributed by atoms with Crippen LogP contribution in [-0.2, 0) is 0 Å². The molecule has 11 aromatic carbocycles. The van der Waals surface area contributed by atoms with Crippen molar-refractivity contribution in [2.45, 2.75) is 0 Å². The molecule has 0 radical (unpaired) electrons. The predicted octanol–water partition coefficient (Wildman–Crippen LogP) is 14.0. The SMILES string of the molecule is c1cc[c]([Ge]([c]2ccccc2)([c]2ccccc2)[c]2ccc3c(c2)c2ccccc2n3-c2ccccc2-c2ccccc2-n2c3ccccc3c3cc(-n4c5ccccc5c5ccccc54)ccc32)cc1. The van der Waals surface area contributed by atoms with Gasteiger partial charge in [0.15, 0.2) is 0 Å². The molecule has 328 valence electrons. The van der Waals surface area contributed by atoms with Crippen LogP contribution in [0.5, 0.6) is 0 Å². The molecule has 14 aromatic rings. The fourth-order valence-electron chi connectivity index (χ4n) is 11.9. The molecule has 14 rings (SSSR count). The van der Waals surface area contributed by atoms with E-state index in [1.807, 2.05) is 0 Å². The summed E-state index contributed by atoms with van der Waals surface area (Å²) in [6.45, 7) is 0. The van der Waals surface area contributed by atoms with Crippen molar-refractivity contribution in [3.8, 4) is 28.2 Å². The summed E-state index contributed by atoms with van der Waals surface area (Å²) in [7, 11) is 0. The minimum atomic E-state index is -3.55. The summed E-state index contributed by atoms with van der Waals surface area (Å²) in [5.74, 6) is 0. The molecule has 0 aliphatic carbocycles. The zero-order chi connectivity index (χ0) is 46.2. The van der Waals surface area contributed by atoms with Gasteiger partial charge in [-0.2, -0.15) is 0 Å². The monoisotopic (exact) mass is 953 g/mol. The van der Waals surface area contributed by atoms with E-state index in [1.165, 1.54) is 94.1 Å². The molecule has 4 heteroatoms. The van der Waals surface area contributed by atoms with Gasteiger partial charge in [-0.05, 0) is 24.3 Å². The second-order valence-corrected chi connectivity index (χ2v) is 26.4. The Kier molecular flexibility index (Phi) is 9.39. The van der Waals surface area contributed by atoms with Gasteiger partial charge in [0.2, 0.25) is 0 Å². The number of aromatic nitrogens is 3. The van der Waals surface area contributed by atoms with Crippen LogP contribution >= 0.6 is 0 Å². The fraction of sp³-hybridized carbons (Fsp3) is 0. The van der Waals surface area contributed by atoms with Gasteiger partial charge in [0.05, 0.1) is 11.0 Å². The van der Waals surface area contributed by atoms with Gasteiger partial charge >= 0.3 is 300 Å². The molecule has 0 amide bonds. The Morgan fingerprint density at radius 2 is 0.543 bits per heavy atom. The molecule has 0 unspecified atom stereocenters. The molecule has 0 atom stereocenters. The molecule has 0 aliphatic heterocycles. The topological polar surface area (TPSA) is 14.8 Å². The average Bonchev–Trinajstić information content (AvgIpc) is 4.07.